The first-order valence-electron chi connectivity index (χ1n) is 7.42. The van der Waals surface area contributed by atoms with Crippen molar-refractivity contribution >= 4 is 0 Å². The summed E-state index contributed by atoms with van der Waals surface area (Å²) < 4.78 is 0. The number of aryl methyl sites for hydroxylation is 1. The molecule has 1 N–H and O–H groups in total. The van der Waals surface area contributed by atoms with Gasteiger partial charge in [-0.3, -0.25) is 0 Å². The van der Waals surface area contributed by atoms with Crippen LogP contribution in [0.4, 0.5) is 0 Å². The second kappa shape index (κ2) is 6.38. The molecule has 1 aliphatic rings. The predicted molar refractivity (Wildman–Crippen MR) is 78.9 cm³/mol. The molecule has 18 heavy (non-hydrogen) atoms. The van der Waals surface area contributed by atoms with E-state index in [1.807, 2.05) is 0 Å². The van der Waals surface area contributed by atoms with E-state index in [-0.39, 0.29) is 0 Å². The number of benzene rings is 1. The third kappa shape index (κ3) is 4.13. The molecule has 0 radical (unpaired) electrons. The lowest BCUT2D eigenvalue weighted by atomic mass is 9.80. The van der Waals surface area contributed by atoms with Crippen molar-refractivity contribution in [1.82, 2.24) is 5.32 Å². The van der Waals surface area contributed by atoms with E-state index in [1.54, 1.807) is 0 Å². The molecule has 0 amide bonds. The minimum Gasteiger partial charge on any atom is -0.314 e. The van der Waals surface area contributed by atoms with Crippen LogP contribution in [0, 0.1) is 18.8 Å². The lowest BCUT2D eigenvalue weighted by Crippen LogP contribution is -2.37. The monoisotopic (exact) mass is 245 g/mol. The average molecular weight is 245 g/mol. The third-order valence-electron chi connectivity index (χ3n) is 4.11. The minimum atomic E-state index is 0.744. The highest BCUT2D eigenvalue weighted by atomic mass is 14.9. The summed E-state index contributed by atoms with van der Waals surface area (Å²) in [6.07, 6.45) is 5.29. The van der Waals surface area contributed by atoms with Gasteiger partial charge in [0, 0.05) is 6.04 Å². The zero-order chi connectivity index (χ0) is 13.0. The van der Waals surface area contributed by atoms with Crippen molar-refractivity contribution in [3.63, 3.8) is 0 Å². The quantitative estimate of drug-likeness (QED) is 0.847. The molecule has 0 saturated heterocycles. The summed E-state index contributed by atoms with van der Waals surface area (Å²) in [6.45, 7) is 8.07. The second-order valence-electron chi connectivity index (χ2n) is 6.31. The van der Waals surface area contributed by atoms with Crippen LogP contribution in [0.1, 0.15) is 44.2 Å². The maximum atomic E-state index is 3.75. The molecule has 0 spiro atoms. The van der Waals surface area contributed by atoms with Gasteiger partial charge in [0.05, 0.1) is 0 Å². The molecule has 0 aromatic heterocycles. The Labute approximate surface area is 112 Å². The molecular weight excluding hydrogens is 218 g/mol. The molecule has 2 unspecified atom stereocenters. The van der Waals surface area contributed by atoms with E-state index in [1.165, 1.54) is 30.4 Å². The lowest BCUT2D eigenvalue weighted by Gasteiger charge is -2.32. The standard InChI is InChI=1S/C17H27N/c1-13-5-4-6-16(10-13)7-8-18-17-11-14(2)9-15(3)12-17/h4-6,10,14-15,17-18H,7-9,11-12H2,1-3H3. The van der Waals surface area contributed by atoms with Crippen molar-refractivity contribution in [2.75, 3.05) is 6.54 Å². The SMILES string of the molecule is Cc1cccc(CCNC2CC(C)CC(C)C2)c1. The molecule has 0 aliphatic heterocycles. The normalized spacial score (nSPS) is 28.3. The van der Waals surface area contributed by atoms with Crippen molar-refractivity contribution in [3.8, 4) is 0 Å². The number of nitrogens with one attached hydrogen (secondary N) is 1. The van der Waals surface area contributed by atoms with Gasteiger partial charge in [0.25, 0.3) is 0 Å². The molecular formula is C17H27N. The highest BCUT2D eigenvalue weighted by Crippen LogP contribution is 2.28. The Balaban J connectivity index is 1.75. The fraction of sp³-hybridized carbons (Fsp3) is 0.647. The minimum absolute atomic E-state index is 0.744. The van der Waals surface area contributed by atoms with Crippen LogP contribution in [-0.2, 0) is 6.42 Å². The van der Waals surface area contributed by atoms with Gasteiger partial charge in [-0.1, -0.05) is 43.7 Å². The molecule has 1 aromatic rings. The molecule has 1 heteroatoms. The Hall–Kier alpha value is -0.820. The molecule has 1 aromatic carbocycles. The zero-order valence-corrected chi connectivity index (χ0v) is 12.1. The summed E-state index contributed by atoms with van der Waals surface area (Å²) in [7, 11) is 0. The van der Waals surface area contributed by atoms with E-state index in [2.05, 4.69) is 50.4 Å². The van der Waals surface area contributed by atoms with E-state index >= 15 is 0 Å². The van der Waals surface area contributed by atoms with Crippen molar-refractivity contribution in [1.29, 1.82) is 0 Å². The van der Waals surface area contributed by atoms with Gasteiger partial charge in [-0.25, -0.2) is 0 Å². The molecule has 100 valence electrons. The molecule has 1 aliphatic carbocycles. The molecule has 1 nitrogen and oxygen atoms in total. The highest BCUT2D eigenvalue weighted by Gasteiger charge is 2.22. The van der Waals surface area contributed by atoms with Crippen LogP contribution < -0.4 is 5.32 Å². The van der Waals surface area contributed by atoms with Crippen LogP contribution in [0.15, 0.2) is 24.3 Å². The molecule has 2 atom stereocenters. The Morgan fingerprint density at radius 2 is 1.83 bits per heavy atom. The Morgan fingerprint density at radius 3 is 2.50 bits per heavy atom. The predicted octanol–water partition coefficient (Wildman–Crippen LogP) is 3.95. The van der Waals surface area contributed by atoms with Gasteiger partial charge in [-0.05, 0) is 56.6 Å². The average Bonchev–Trinajstić information content (AvgIpc) is 2.27. The lowest BCUT2D eigenvalue weighted by molar-refractivity contribution is 0.240. The van der Waals surface area contributed by atoms with E-state index in [9.17, 15) is 0 Å². The maximum Gasteiger partial charge on any atom is 0.00722 e. The van der Waals surface area contributed by atoms with Crippen LogP contribution in [0.3, 0.4) is 0 Å². The van der Waals surface area contributed by atoms with Crippen LogP contribution in [0.2, 0.25) is 0 Å². The van der Waals surface area contributed by atoms with Crippen LogP contribution in [0.5, 0.6) is 0 Å². The number of hydrogen-bond donors (Lipinski definition) is 1. The van der Waals surface area contributed by atoms with Gasteiger partial charge in [0.1, 0.15) is 0 Å². The van der Waals surface area contributed by atoms with Crippen molar-refractivity contribution in [2.45, 2.75) is 52.5 Å². The van der Waals surface area contributed by atoms with Gasteiger partial charge in [0.15, 0.2) is 0 Å². The molecule has 2 rings (SSSR count). The van der Waals surface area contributed by atoms with Gasteiger partial charge < -0.3 is 5.32 Å². The summed E-state index contributed by atoms with van der Waals surface area (Å²) in [5.74, 6) is 1.79. The smallest absolute Gasteiger partial charge is 0.00722 e. The first-order chi connectivity index (χ1) is 8.63. The van der Waals surface area contributed by atoms with Crippen molar-refractivity contribution < 1.29 is 0 Å². The summed E-state index contributed by atoms with van der Waals surface area (Å²) >= 11 is 0. The van der Waals surface area contributed by atoms with Crippen molar-refractivity contribution in [2.24, 2.45) is 11.8 Å². The van der Waals surface area contributed by atoms with Crippen molar-refractivity contribution in [3.05, 3.63) is 35.4 Å². The zero-order valence-electron chi connectivity index (χ0n) is 12.1. The summed E-state index contributed by atoms with van der Waals surface area (Å²) in [6, 6.07) is 9.61. The topological polar surface area (TPSA) is 12.0 Å². The summed E-state index contributed by atoms with van der Waals surface area (Å²) in [4.78, 5) is 0. The molecule has 0 bridgehead atoms. The summed E-state index contributed by atoms with van der Waals surface area (Å²) in [5, 5.41) is 3.75. The largest absolute Gasteiger partial charge is 0.314 e. The van der Waals surface area contributed by atoms with Crippen LogP contribution >= 0.6 is 0 Å². The molecule has 1 saturated carbocycles. The van der Waals surface area contributed by atoms with E-state index in [0.717, 1.165) is 30.8 Å². The Kier molecular flexibility index (Phi) is 4.82. The summed E-state index contributed by atoms with van der Waals surface area (Å²) in [5.41, 5.74) is 2.83. The van der Waals surface area contributed by atoms with Crippen LogP contribution in [-0.4, -0.2) is 12.6 Å². The molecule has 0 heterocycles. The van der Waals surface area contributed by atoms with Gasteiger partial charge in [0.2, 0.25) is 0 Å². The van der Waals surface area contributed by atoms with Gasteiger partial charge in [-0.2, -0.15) is 0 Å². The van der Waals surface area contributed by atoms with E-state index in [0.29, 0.717) is 0 Å². The number of hydrogen-bond acceptors (Lipinski definition) is 1. The number of rotatable bonds is 4. The Morgan fingerprint density at radius 1 is 1.11 bits per heavy atom. The fourth-order valence-corrected chi connectivity index (χ4v) is 3.40. The van der Waals surface area contributed by atoms with Crippen LogP contribution in [0.25, 0.3) is 0 Å². The van der Waals surface area contributed by atoms with Gasteiger partial charge >= 0.3 is 0 Å². The first kappa shape index (κ1) is 13.6. The van der Waals surface area contributed by atoms with E-state index < -0.39 is 0 Å². The second-order valence-corrected chi connectivity index (χ2v) is 6.31. The maximum absolute atomic E-state index is 3.75. The van der Waals surface area contributed by atoms with E-state index in [4.69, 9.17) is 0 Å². The third-order valence-corrected chi connectivity index (χ3v) is 4.11. The fourth-order valence-electron chi connectivity index (χ4n) is 3.40. The Bertz CT molecular complexity index is 362. The first-order valence-corrected chi connectivity index (χ1v) is 7.42. The highest BCUT2D eigenvalue weighted by molar-refractivity contribution is 5.22. The molecule has 1 fully saturated rings. The van der Waals surface area contributed by atoms with Gasteiger partial charge in [-0.15, -0.1) is 0 Å².